The first-order valence-corrected chi connectivity index (χ1v) is 8.08. The molecule has 0 bridgehead atoms. The van der Waals surface area contributed by atoms with E-state index < -0.39 is 35.3 Å². The first kappa shape index (κ1) is 22.2. The lowest BCUT2D eigenvalue weighted by Crippen LogP contribution is -2.46. The highest BCUT2D eigenvalue weighted by Crippen LogP contribution is 2.19. The maximum atomic E-state index is 12.3. The summed E-state index contributed by atoms with van der Waals surface area (Å²) in [5, 5.41) is 9.37. The second kappa shape index (κ2) is 8.35. The molecule has 0 rings (SSSR count). The van der Waals surface area contributed by atoms with E-state index in [1.165, 1.54) is 0 Å². The Balaban J connectivity index is 5.40. The summed E-state index contributed by atoms with van der Waals surface area (Å²) in [5.41, 5.74) is -1.62. The standard InChI is InChI=1S/C17H31NO6/c1-11(2)9-12(13(19)20)10-18(14(21)23-16(3,4)5)15(22)24-17(6,7)8/h11-12H,9-10H2,1-8H3,(H,19,20). The number of hydrogen-bond donors (Lipinski definition) is 1. The van der Waals surface area contributed by atoms with Gasteiger partial charge in [-0.3, -0.25) is 4.79 Å². The van der Waals surface area contributed by atoms with Crippen LogP contribution in [0.5, 0.6) is 0 Å². The fraction of sp³-hybridized carbons (Fsp3) is 0.824. The Morgan fingerprint density at radius 3 is 1.54 bits per heavy atom. The van der Waals surface area contributed by atoms with Crippen molar-refractivity contribution in [3.05, 3.63) is 0 Å². The number of rotatable bonds is 5. The molecule has 24 heavy (non-hydrogen) atoms. The molecule has 0 aliphatic carbocycles. The molecule has 0 spiro atoms. The second-order valence-corrected chi connectivity index (χ2v) is 8.24. The molecule has 7 heteroatoms. The van der Waals surface area contributed by atoms with Gasteiger partial charge in [-0.15, -0.1) is 0 Å². The van der Waals surface area contributed by atoms with Gasteiger partial charge in [0.05, 0.1) is 5.92 Å². The Hall–Kier alpha value is -1.79. The van der Waals surface area contributed by atoms with E-state index in [2.05, 4.69) is 0 Å². The Morgan fingerprint density at radius 1 is 0.917 bits per heavy atom. The Kier molecular flexibility index (Phi) is 7.73. The van der Waals surface area contributed by atoms with E-state index in [9.17, 15) is 19.5 Å². The molecule has 0 saturated carbocycles. The molecule has 0 saturated heterocycles. The number of ether oxygens (including phenoxy) is 2. The Bertz CT molecular complexity index is 431. The molecule has 0 aromatic carbocycles. The molecular weight excluding hydrogens is 314 g/mol. The highest BCUT2D eigenvalue weighted by atomic mass is 16.6. The average Bonchev–Trinajstić information content (AvgIpc) is 2.28. The number of carboxylic acid groups (broad SMARTS) is 1. The SMILES string of the molecule is CC(C)CC(CN(C(=O)OC(C)(C)C)C(=O)OC(C)(C)C)C(=O)O. The molecule has 0 heterocycles. The molecule has 0 aromatic heterocycles. The number of aliphatic carboxylic acids is 1. The summed E-state index contributed by atoms with van der Waals surface area (Å²) in [6, 6.07) is 0. The van der Waals surface area contributed by atoms with Gasteiger partial charge in [-0.05, 0) is 53.9 Å². The zero-order chi connectivity index (χ0) is 19.3. The topological polar surface area (TPSA) is 93.1 Å². The molecule has 140 valence electrons. The van der Waals surface area contributed by atoms with E-state index in [0.29, 0.717) is 6.42 Å². The summed E-state index contributed by atoms with van der Waals surface area (Å²) in [5.74, 6) is -1.85. The molecule has 2 amide bonds. The van der Waals surface area contributed by atoms with Crippen molar-refractivity contribution in [3.63, 3.8) is 0 Å². The summed E-state index contributed by atoms with van der Waals surface area (Å²) in [6.07, 6.45) is -1.49. The summed E-state index contributed by atoms with van der Waals surface area (Å²) in [6.45, 7) is 13.5. The number of carbonyl (C=O) groups excluding carboxylic acids is 2. The van der Waals surface area contributed by atoms with Gasteiger partial charge in [-0.25, -0.2) is 14.5 Å². The monoisotopic (exact) mass is 345 g/mol. The van der Waals surface area contributed by atoms with Crippen LogP contribution >= 0.6 is 0 Å². The largest absolute Gasteiger partial charge is 0.481 e. The predicted octanol–water partition coefficient (Wildman–Crippen LogP) is 3.91. The molecule has 0 aliphatic heterocycles. The van der Waals surface area contributed by atoms with Gasteiger partial charge in [-0.2, -0.15) is 0 Å². The summed E-state index contributed by atoms with van der Waals surface area (Å²) in [7, 11) is 0. The molecule has 0 aliphatic rings. The van der Waals surface area contributed by atoms with E-state index in [4.69, 9.17) is 9.47 Å². The highest BCUT2D eigenvalue weighted by Gasteiger charge is 2.35. The number of nitrogens with zero attached hydrogens (tertiary/aromatic N) is 1. The van der Waals surface area contributed by atoms with Crippen molar-refractivity contribution in [2.75, 3.05) is 6.54 Å². The zero-order valence-electron chi connectivity index (χ0n) is 16.0. The van der Waals surface area contributed by atoms with Gasteiger partial charge in [0.25, 0.3) is 0 Å². The van der Waals surface area contributed by atoms with Crippen molar-refractivity contribution < 1.29 is 29.0 Å². The molecule has 0 aromatic rings. The summed E-state index contributed by atoms with van der Waals surface area (Å²) in [4.78, 5) is 36.9. The lowest BCUT2D eigenvalue weighted by molar-refractivity contribution is -0.142. The van der Waals surface area contributed by atoms with Gasteiger partial charge in [-0.1, -0.05) is 13.8 Å². The minimum atomic E-state index is -1.07. The van der Waals surface area contributed by atoms with Crippen molar-refractivity contribution in [1.29, 1.82) is 0 Å². The minimum absolute atomic E-state index is 0.102. The van der Waals surface area contributed by atoms with Crippen LogP contribution in [0.1, 0.15) is 61.8 Å². The lowest BCUT2D eigenvalue weighted by atomic mass is 9.97. The van der Waals surface area contributed by atoms with E-state index in [1.54, 1.807) is 41.5 Å². The lowest BCUT2D eigenvalue weighted by Gasteiger charge is -2.30. The summed E-state index contributed by atoms with van der Waals surface area (Å²) < 4.78 is 10.4. The maximum absolute atomic E-state index is 12.3. The molecule has 0 fully saturated rings. The van der Waals surface area contributed by atoms with E-state index >= 15 is 0 Å². The van der Waals surface area contributed by atoms with Gasteiger partial charge in [0.15, 0.2) is 0 Å². The van der Waals surface area contributed by atoms with Crippen LogP contribution in [0, 0.1) is 11.8 Å². The van der Waals surface area contributed by atoms with E-state index in [1.807, 2.05) is 13.8 Å². The van der Waals surface area contributed by atoms with Gasteiger partial charge < -0.3 is 14.6 Å². The van der Waals surface area contributed by atoms with E-state index in [0.717, 1.165) is 4.90 Å². The third-order valence-electron chi connectivity index (χ3n) is 2.74. The Morgan fingerprint density at radius 2 is 1.29 bits per heavy atom. The van der Waals surface area contributed by atoms with Crippen molar-refractivity contribution >= 4 is 18.2 Å². The molecule has 1 N–H and O–H groups in total. The smallest absolute Gasteiger partial charge is 0.419 e. The van der Waals surface area contributed by atoms with Crippen molar-refractivity contribution in [3.8, 4) is 0 Å². The first-order chi connectivity index (χ1) is 10.6. The zero-order valence-corrected chi connectivity index (χ0v) is 16.0. The van der Waals surface area contributed by atoms with E-state index in [-0.39, 0.29) is 12.5 Å². The van der Waals surface area contributed by atoms with Gasteiger partial charge >= 0.3 is 18.2 Å². The van der Waals surface area contributed by atoms with Gasteiger partial charge in [0.1, 0.15) is 11.2 Å². The van der Waals surface area contributed by atoms with Crippen LogP contribution in [-0.4, -0.2) is 45.9 Å². The molecule has 0 radical (unpaired) electrons. The van der Waals surface area contributed by atoms with Crippen LogP contribution in [0.15, 0.2) is 0 Å². The number of carboxylic acids is 1. The maximum Gasteiger partial charge on any atom is 0.419 e. The number of carbonyl (C=O) groups is 3. The van der Waals surface area contributed by atoms with Crippen LogP contribution < -0.4 is 0 Å². The second-order valence-electron chi connectivity index (χ2n) is 8.24. The minimum Gasteiger partial charge on any atom is -0.481 e. The van der Waals surface area contributed by atoms with Crippen molar-refractivity contribution in [2.24, 2.45) is 11.8 Å². The normalized spacial score (nSPS) is 13.4. The van der Waals surface area contributed by atoms with Crippen molar-refractivity contribution in [1.82, 2.24) is 4.90 Å². The van der Waals surface area contributed by atoms with Crippen LogP contribution in [0.3, 0.4) is 0 Å². The fourth-order valence-electron chi connectivity index (χ4n) is 1.90. The summed E-state index contributed by atoms with van der Waals surface area (Å²) >= 11 is 0. The number of amides is 2. The molecule has 1 atom stereocenters. The first-order valence-electron chi connectivity index (χ1n) is 8.08. The fourth-order valence-corrected chi connectivity index (χ4v) is 1.90. The van der Waals surface area contributed by atoms with Crippen LogP contribution in [0.2, 0.25) is 0 Å². The van der Waals surface area contributed by atoms with Gasteiger partial charge in [0, 0.05) is 6.54 Å². The molecule has 1 unspecified atom stereocenters. The average molecular weight is 345 g/mol. The van der Waals surface area contributed by atoms with Crippen LogP contribution in [0.4, 0.5) is 9.59 Å². The third kappa shape index (κ3) is 9.37. The third-order valence-corrected chi connectivity index (χ3v) is 2.74. The quantitative estimate of drug-likeness (QED) is 0.812. The number of hydrogen-bond acceptors (Lipinski definition) is 5. The van der Waals surface area contributed by atoms with Crippen LogP contribution in [-0.2, 0) is 14.3 Å². The van der Waals surface area contributed by atoms with Crippen LogP contribution in [0.25, 0.3) is 0 Å². The van der Waals surface area contributed by atoms with Crippen molar-refractivity contribution in [2.45, 2.75) is 73.0 Å². The Labute approximate surface area is 144 Å². The molecular formula is C17H31NO6. The predicted molar refractivity (Wildman–Crippen MR) is 89.8 cm³/mol. The molecule has 7 nitrogen and oxygen atoms in total. The van der Waals surface area contributed by atoms with Gasteiger partial charge in [0.2, 0.25) is 0 Å². The number of imide groups is 1. The highest BCUT2D eigenvalue weighted by molar-refractivity contribution is 5.88.